The second kappa shape index (κ2) is 7.01. The van der Waals surface area contributed by atoms with Crippen molar-refractivity contribution in [1.82, 2.24) is 0 Å². The molecule has 0 radical (unpaired) electrons. The molecule has 26 heavy (non-hydrogen) atoms. The first-order valence-corrected chi connectivity index (χ1v) is 7.68. The smallest absolute Gasteiger partial charge is 0.269 e. The number of ketones is 1. The molecule has 0 aliphatic heterocycles. The lowest BCUT2D eigenvalue weighted by atomic mass is 10.1. The number of carbonyl (C=O) groups excluding carboxylic acids is 1. The van der Waals surface area contributed by atoms with Crippen molar-refractivity contribution in [3.63, 3.8) is 0 Å². The first-order chi connectivity index (χ1) is 12.4. The molecule has 0 unspecified atom stereocenters. The van der Waals surface area contributed by atoms with Gasteiger partial charge in [-0.25, -0.2) is 0 Å². The van der Waals surface area contributed by atoms with Crippen molar-refractivity contribution in [2.45, 2.75) is 12.1 Å². The maximum atomic E-state index is 12.1. The monoisotopic (exact) mass is 354 g/mol. The van der Waals surface area contributed by atoms with E-state index in [1.54, 1.807) is 18.2 Å². The Morgan fingerprint density at radius 1 is 0.769 bits per heavy atom. The number of hydrogen-bond donors (Lipinski definition) is 2. The number of hydrogen-bond acceptors (Lipinski definition) is 7. The van der Waals surface area contributed by atoms with E-state index in [0.29, 0.717) is 11.4 Å². The van der Waals surface area contributed by atoms with Gasteiger partial charge in [-0.3, -0.25) is 25.0 Å². The van der Waals surface area contributed by atoms with E-state index in [2.05, 4.69) is 10.6 Å². The van der Waals surface area contributed by atoms with Crippen LogP contribution < -0.4 is 10.6 Å². The highest BCUT2D eigenvalue weighted by Crippen LogP contribution is 2.22. The Morgan fingerprint density at radius 2 is 1.23 bits per heavy atom. The normalized spacial score (nSPS) is 18.5. The summed E-state index contributed by atoms with van der Waals surface area (Å²) in [6.45, 7) is 0. The number of anilines is 2. The van der Waals surface area contributed by atoms with Gasteiger partial charge in [-0.05, 0) is 30.3 Å². The van der Waals surface area contributed by atoms with E-state index in [9.17, 15) is 25.0 Å². The van der Waals surface area contributed by atoms with Crippen molar-refractivity contribution in [2.75, 3.05) is 10.6 Å². The number of rotatable bonds is 6. The van der Waals surface area contributed by atoms with E-state index < -0.39 is 15.9 Å². The molecule has 1 aliphatic rings. The van der Waals surface area contributed by atoms with Gasteiger partial charge in [0.05, 0.1) is 15.9 Å². The zero-order chi connectivity index (χ0) is 18.7. The molecule has 9 nitrogen and oxygen atoms in total. The van der Waals surface area contributed by atoms with Gasteiger partial charge in [0, 0.05) is 35.6 Å². The molecule has 0 fully saturated rings. The van der Waals surface area contributed by atoms with Crippen LogP contribution in [-0.2, 0) is 4.79 Å². The number of nitrogens with one attached hydrogen (secondary N) is 2. The second-order valence-corrected chi connectivity index (χ2v) is 5.66. The van der Waals surface area contributed by atoms with Gasteiger partial charge < -0.3 is 10.6 Å². The van der Waals surface area contributed by atoms with Crippen LogP contribution >= 0.6 is 0 Å². The highest BCUT2D eigenvalue weighted by molar-refractivity contribution is 6.00. The SMILES string of the molecule is O=C1C=C[C@@H](Nc2ccc([N+](=O)[O-])cc2)[C@@H]1Nc1ccc([N+](=O)[O-])cc1. The van der Waals surface area contributed by atoms with E-state index >= 15 is 0 Å². The van der Waals surface area contributed by atoms with E-state index in [4.69, 9.17) is 0 Å². The Balaban J connectivity index is 1.70. The number of nitro benzene ring substituents is 2. The Bertz CT molecular complexity index is 877. The van der Waals surface area contributed by atoms with Gasteiger partial charge >= 0.3 is 0 Å². The number of carbonyl (C=O) groups is 1. The molecule has 0 heterocycles. The Labute approximate surface area is 147 Å². The van der Waals surface area contributed by atoms with Crippen LogP contribution in [0.5, 0.6) is 0 Å². The molecule has 2 N–H and O–H groups in total. The topological polar surface area (TPSA) is 127 Å². The Hall–Kier alpha value is -3.75. The Kier molecular flexibility index (Phi) is 4.61. The number of non-ortho nitro benzene ring substituents is 2. The summed E-state index contributed by atoms with van der Waals surface area (Å²) in [5, 5.41) is 27.6. The number of nitro groups is 2. The molecule has 2 aromatic rings. The third-order valence-corrected chi connectivity index (χ3v) is 3.95. The van der Waals surface area contributed by atoms with Gasteiger partial charge in [0.15, 0.2) is 5.78 Å². The third-order valence-electron chi connectivity index (χ3n) is 3.95. The van der Waals surface area contributed by atoms with Gasteiger partial charge in [0.2, 0.25) is 0 Å². The van der Waals surface area contributed by atoms with Gasteiger partial charge in [-0.15, -0.1) is 0 Å². The number of benzene rings is 2. The van der Waals surface area contributed by atoms with Gasteiger partial charge in [0.1, 0.15) is 6.04 Å². The quantitative estimate of drug-likeness (QED) is 0.603. The summed E-state index contributed by atoms with van der Waals surface area (Å²) >= 11 is 0. The molecule has 0 saturated carbocycles. The molecule has 0 saturated heterocycles. The van der Waals surface area contributed by atoms with Crippen molar-refractivity contribution in [2.24, 2.45) is 0 Å². The summed E-state index contributed by atoms with van der Waals surface area (Å²) in [6.07, 6.45) is 3.15. The van der Waals surface area contributed by atoms with Crippen molar-refractivity contribution in [3.8, 4) is 0 Å². The van der Waals surface area contributed by atoms with Crippen LogP contribution in [0.15, 0.2) is 60.7 Å². The van der Waals surface area contributed by atoms with E-state index in [1.165, 1.54) is 42.5 Å². The molecular weight excluding hydrogens is 340 g/mol. The van der Waals surface area contributed by atoms with E-state index in [0.717, 1.165) is 0 Å². The largest absolute Gasteiger partial charge is 0.376 e. The molecule has 0 amide bonds. The standard InChI is InChI=1S/C17H14N4O5/c22-16-10-9-15(18-11-1-5-13(6-2-11)20(23)24)17(16)19-12-3-7-14(8-4-12)21(25)26/h1-10,15,17-19H/t15-,17+/m1/s1. The molecular formula is C17H14N4O5. The fourth-order valence-electron chi connectivity index (χ4n) is 2.61. The summed E-state index contributed by atoms with van der Waals surface area (Å²) in [6, 6.07) is 10.7. The Morgan fingerprint density at radius 3 is 1.69 bits per heavy atom. The maximum absolute atomic E-state index is 12.1. The average molecular weight is 354 g/mol. The van der Waals surface area contributed by atoms with Crippen molar-refractivity contribution in [3.05, 3.63) is 80.9 Å². The lowest BCUT2D eigenvalue weighted by Gasteiger charge is -2.22. The molecule has 132 valence electrons. The predicted molar refractivity (Wildman–Crippen MR) is 95.2 cm³/mol. The van der Waals surface area contributed by atoms with Gasteiger partial charge in [-0.1, -0.05) is 6.08 Å². The van der Waals surface area contributed by atoms with Crippen LogP contribution in [0.25, 0.3) is 0 Å². The minimum Gasteiger partial charge on any atom is -0.376 e. The highest BCUT2D eigenvalue weighted by atomic mass is 16.6. The fourth-order valence-corrected chi connectivity index (χ4v) is 2.61. The summed E-state index contributed by atoms with van der Waals surface area (Å²) in [7, 11) is 0. The molecule has 0 spiro atoms. The van der Waals surface area contributed by atoms with Crippen LogP contribution in [0.1, 0.15) is 0 Å². The van der Waals surface area contributed by atoms with Gasteiger partial charge in [0.25, 0.3) is 11.4 Å². The van der Waals surface area contributed by atoms with Crippen molar-refractivity contribution >= 4 is 28.5 Å². The summed E-state index contributed by atoms with van der Waals surface area (Å²) in [5.74, 6) is -0.136. The zero-order valence-corrected chi connectivity index (χ0v) is 13.4. The van der Waals surface area contributed by atoms with E-state index in [-0.39, 0.29) is 23.2 Å². The first kappa shape index (κ1) is 17.1. The van der Waals surface area contributed by atoms with Crippen LogP contribution in [0.2, 0.25) is 0 Å². The third kappa shape index (κ3) is 3.66. The lowest BCUT2D eigenvalue weighted by Crippen LogP contribution is -2.39. The molecule has 0 aromatic heterocycles. The molecule has 2 atom stereocenters. The van der Waals surface area contributed by atoms with Gasteiger partial charge in [-0.2, -0.15) is 0 Å². The van der Waals surface area contributed by atoms with Crippen molar-refractivity contribution in [1.29, 1.82) is 0 Å². The second-order valence-electron chi connectivity index (χ2n) is 5.66. The molecule has 0 bridgehead atoms. The maximum Gasteiger partial charge on any atom is 0.269 e. The van der Waals surface area contributed by atoms with Crippen LogP contribution in [0.3, 0.4) is 0 Å². The fraction of sp³-hybridized carbons (Fsp3) is 0.118. The molecule has 3 rings (SSSR count). The first-order valence-electron chi connectivity index (χ1n) is 7.68. The number of nitrogens with zero attached hydrogens (tertiary/aromatic N) is 2. The van der Waals surface area contributed by atoms with Crippen LogP contribution in [0.4, 0.5) is 22.7 Å². The van der Waals surface area contributed by atoms with Crippen molar-refractivity contribution < 1.29 is 14.6 Å². The molecule has 1 aliphatic carbocycles. The summed E-state index contributed by atoms with van der Waals surface area (Å²) < 4.78 is 0. The van der Waals surface area contributed by atoms with Crippen LogP contribution in [0, 0.1) is 20.2 Å². The molecule has 9 heteroatoms. The summed E-state index contributed by atoms with van der Waals surface area (Å²) in [4.78, 5) is 32.5. The zero-order valence-electron chi connectivity index (χ0n) is 13.4. The van der Waals surface area contributed by atoms with Crippen LogP contribution in [-0.4, -0.2) is 27.7 Å². The minimum absolute atomic E-state index is 0.0193. The average Bonchev–Trinajstić information content (AvgIpc) is 2.96. The molecule has 2 aromatic carbocycles. The predicted octanol–water partition coefficient (Wildman–Crippen LogP) is 2.90. The minimum atomic E-state index is -0.591. The lowest BCUT2D eigenvalue weighted by molar-refractivity contribution is -0.385. The highest BCUT2D eigenvalue weighted by Gasteiger charge is 2.30. The summed E-state index contributed by atoms with van der Waals surface area (Å²) in [5.41, 5.74) is 1.16. The van der Waals surface area contributed by atoms with E-state index in [1.807, 2.05) is 0 Å².